The third-order valence-corrected chi connectivity index (χ3v) is 5.36. The lowest BCUT2D eigenvalue weighted by atomic mass is 9.64. The summed E-state index contributed by atoms with van der Waals surface area (Å²) in [7, 11) is 1.63. The number of nitrogens with zero attached hydrogens (tertiary/aromatic N) is 1. The summed E-state index contributed by atoms with van der Waals surface area (Å²) in [6.07, 6.45) is 4.60. The van der Waals surface area contributed by atoms with Crippen molar-refractivity contribution >= 4 is 21.8 Å². The van der Waals surface area contributed by atoms with E-state index in [1.165, 1.54) is 0 Å². The van der Waals surface area contributed by atoms with E-state index in [1.54, 1.807) is 13.3 Å². The van der Waals surface area contributed by atoms with Crippen LogP contribution in [0.2, 0.25) is 0 Å². The Balaban J connectivity index is 1.58. The summed E-state index contributed by atoms with van der Waals surface area (Å²) in [5.41, 5.74) is 1.64. The number of rotatable bonds is 8. The molecule has 2 aromatic rings. The number of carbonyl (C=O) groups is 1. The van der Waals surface area contributed by atoms with E-state index in [4.69, 9.17) is 9.47 Å². The lowest BCUT2D eigenvalue weighted by molar-refractivity contribution is -0.130. The lowest BCUT2D eigenvalue weighted by Gasteiger charge is -2.40. The number of carbonyl (C=O) groups excluding carboxylic acids is 1. The van der Waals surface area contributed by atoms with Crippen LogP contribution >= 0.6 is 15.9 Å². The average Bonchev–Trinajstić information content (AvgIpc) is 2.62. The fourth-order valence-electron chi connectivity index (χ4n) is 3.13. The van der Waals surface area contributed by atoms with Crippen LogP contribution in [-0.4, -0.2) is 31.2 Å². The molecule has 138 valence electrons. The van der Waals surface area contributed by atoms with Gasteiger partial charge >= 0.3 is 0 Å². The topological polar surface area (TPSA) is 60.5 Å². The first-order valence-electron chi connectivity index (χ1n) is 8.75. The fourth-order valence-corrected chi connectivity index (χ4v) is 3.39. The second kappa shape index (κ2) is 8.64. The Morgan fingerprint density at radius 3 is 2.54 bits per heavy atom. The second-order valence-corrected chi connectivity index (χ2v) is 7.39. The Hall–Kier alpha value is -1.92. The van der Waals surface area contributed by atoms with Crippen molar-refractivity contribution in [1.82, 2.24) is 10.3 Å². The highest BCUT2D eigenvalue weighted by Gasteiger charge is 2.45. The number of aromatic nitrogens is 1. The zero-order valence-corrected chi connectivity index (χ0v) is 16.4. The summed E-state index contributed by atoms with van der Waals surface area (Å²) in [5.74, 6) is 0.647. The van der Waals surface area contributed by atoms with Crippen molar-refractivity contribution < 1.29 is 14.3 Å². The molecule has 0 radical (unpaired) electrons. The maximum absolute atomic E-state index is 12.9. The molecule has 0 spiro atoms. The molecule has 1 aliphatic carbocycles. The number of hydrogen-bond acceptors (Lipinski definition) is 4. The molecule has 1 heterocycles. The molecule has 1 fully saturated rings. The molecule has 1 aromatic heterocycles. The SMILES string of the molecule is COCCOc1ccc(CNC(=O)C2(c3ccc(Br)cc3)CCC2)cn1. The predicted molar refractivity (Wildman–Crippen MR) is 103 cm³/mol. The van der Waals surface area contributed by atoms with E-state index < -0.39 is 5.41 Å². The molecule has 0 atom stereocenters. The second-order valence-electron chi connectivity index (χ2n) is 6.47. The fraction of sp³-hybridized carbons (Fsp3) is 0.400. The molecular weight excluding hydrogens is 396 g/mol. The zero-order chi connectivity index (χ0) is 18.4. The van der Waals surface area contributed by atoms with Gasteiger partial charge in [-0.3, -0.25) is 4.79 Å². The number of nitrogens with one attached hydrogen (secondary N) is 1. The Kier molecular flexibility index (Phi) is 6.27. The number of benzene rings is 1. The molecule has 26 heavy (non-hydrogen) atoms. The summed E-state index contributed by atoms with van der Waals surface area (Å²) in [5, 5.41) is 3.08. The van der Waals surface area contributed by atoms with E-state index in [0.29, 0.717) is 25.6 Å². The monoisotopic (exact) mass is 418 g/mol. The minimum atomic E-state index is -0.392. The summed E-state index contributed by atoms with van der Waals surface area (Å²) in [4.78, 5) is 17.1. The number of ether oxygens (including phenoxy) is 2. The van der Waals surface area contributed by atoms with Gasteiger partial charge in [-0.25, -0.2) is 4.98 Å². The van der Waals surface area contributed by atoms with Gasteiger partial charge in [0.05, 0.1) is 12.0 Å². The minimum absolute atomic E-state index is 0.0893. The van der Waals surface area contributed by atoms with Crippen molar-refractivity contribution in [1.29, 1.82) is 0 Å². The smallest absolute Gasteiger partial charge is 0.230 e. The van der Waals surface area contributed by atoms with Crippen molar-refractivity contribution in [3.05, 3.63) is 58.2 Å². The van der Waals surface area contributed by atoms with Crippen LogP contribution in [0.15, 0.2) is 47.1 Å². The first-order valence-corrected chi connectivity index (χ1v) is 9.54. The first kappa shape index (κ1) is 18.9. The largest absolute Gasteiger partial charge is 0.475 e. The normalized spacial score (nSPS) is 15.2. The number of halogens is 1. The number of hydrogen-bond donors (Lipinski definition) is 1. The standard InChI is InChI=1S/C20H23BrN2O3/c1-25-11-12-26-18-8-3-15(13-22-18)14-23-19(24)20(9-2-10-20)16-4-6-17(21)7-5-16/h3-8,13H,2,9-12,14H2,1H3,(H,23,24). The summed E-state index contributed by atoms with van der Waals surface area (Å²) < 4.78 is 11.4. The maximum Gasteiger partial charge on any atom is 0.230 e. The Morgan fingerprint density at radius 1 is 1.19 bits per heavy atom. The summed E-state index contributed by atoms with van der Waals surface area (Å²) in [6, 6.07) is 11.8. The Bertz CT molecular complexity index is 728. The molecule has 0 unspecified atom stereocenters. The van der Waals surface area contributed by atoms with Gasteiger partial charge in [0.1, 0.15) is 6.61 Å². The molecule has 0 bridgehead atoms. The average molecular weight is 419 g/mol. The minimum Gasteiger partial charge on any atom is -0.475 e. The third kappa shape index (κ3) is 4.24. The van der Waals surface area contributed by atoms with E-state index in [0.717, 1.165) is 34.9 Å². The van der Waals surface area contributed by atoms with Crippen molar-refractivity contribution in [2.45, 2.75) is 31.2 Å². The molecular formula is C20H23BrN2O3. The van der Waals surface area contributed by atoms with Crippen molar-refractivity contribution in [3.8, 4) is 5.88 Å². The number of methoxy groups -OCH3 is 1. The molecule has 1 aliphatic rings. The number of pyridine rings is 1. The molecule has 0 saturated heterocycles. The van der Waals surface area contributed by atoms with Gasteiger partial charge in [0.2, 0.25) is 11.8 Å². The van der Waals surface area contributed by atoms with Gasteiger partial charge in [0, 0.05) is 30.4 Å². The molecule has 1 N–H and O–H groups in total. The molecule has 1 amide bonds. The highest BCUT2D eigenvalue weighted by molar-refractivity contribution is 9.10. The van der Waals surface area contributed by atoms with Gasteiger partial charge in [0.15, 0.2) is 0 Å². The highest BCUT2D eigenvalue weighted by Crippen LogP contribution is 2.44. The summed E-state index contributed by atoms with van der Waals surface area (Å²) in [6.45, 7) is 1.45. The van der Waals surface area contributed by atoms with Gasteiger partial charge in [-0.2, -0.15) is 0 Å². The highest BCUT2D eigenvalue weighted by atomic mass is 79.9. The van der Waals surface area contributed by atoms with Gasteiger partial charge in [-0.15, -0.1) is 0 Å². The molecule has 1 aromatic carbocycles. The lowest BCUT2D eigenvalue weighted by Crippen LogP contribution is -2.48. The van der Waals surface area contributed by atoms with Crippen LogP contribution in [0.5, 0.6) is 5.88 Å². The van der Waals surface area contributed by atoms with Crippen LogP contribution < -0.4 is 10.1 Å². The van der Waals surface area contributed by atoms with Crippen molar-refractivity contribution in [2.75, 3.05) is 20.3 Å². The van der Waals surface area contributed by atoms with Crippen LogP contribution in [0, 0.1) is 0 Å². The van der Waals surface area contributed by atoms with Crippen LogP contribution in [0.4, 0.5) is 0 Å². The van der Waals surface area contributed by atoms with Crippen LogP contribution in [-0.2, 0) is 21.5 Å². The molecule has 6 heteroatoms. The Morgan fingerprint density at radius 2 is 1.96 bits per heavy atom. The molecule has 1 saturated carbocycles. The van der Waals surface area contributed by atoms with Gasteiger partial charge < -0.3 is 14.8 Å². The quantitative estimate of drug-likeness (QED) is 0.665. The van der Waals surface area contributed by atoms with Crippen LogP contribution in [0.3, 0.4) is 0 Å². The molecule has 5 nitrogen and oxygen atoms in total. The molecule has 3 rings (SSSR count). The first-order chi connectivity index (χ1) is 12.6. The van der Waals surface area contributed by atoms with Gasteiger partial charge in [-0.05, 0) is 36.1 Å². The van der Waals surface area contributed by atoms with Crippen LogP contribution in [0.1, 0.15) is 30.4 Å². The van der Waals surface area contributed by atoms with Gasteiger partial charge in [-0.1, -0.05) is 40.5 Å². The maximum atomic E-state index is 12.9. The zero-order valence-electron chi connectivity index (χ0n) is 14.8. The van der Waals surface area contributed by atoms with E-state index in [2.05, 4.69) is 26.2 Å². The van der Waals surface area contributed by atoms with Crippen molar-refractivity contribution in [2.24, 2.45) is 0 Å². The Labute approximate surface area is 162 Å². The van der Waals surface area contributed by atoms with E-state index in [9.17, 15) is 4.79 Å². The van der Waals surface area contributed by atoms with E-state index in [1.807, 2.05) is 36.4 Å². The van der Waals surface area contributed by atoms with E-state index in [-0.39, 0.29) is 5.91 Å². The predicted octanol–water partition coefficient (Wildman–Crippen LogP) is 3.61. The van der Waals surface area contributed by atoms with Gasteiger partial charge in [0.25, 0.3) is 0 Å². The number of amides is 1. The molecule has 0 aliphatic heterocycles. The third-order valence-electron chi connectivity index (χ3n) is 4.83. The van der Waals surface area contributed by atoms with Crippen LogP contribution in [0.25, 0.3) is 0 Å². The van der Waals surface area contributed by atoms with E-state index >= 15 is 0 Å². The van der Waals surface area contributed by atoms with Crippen molar-refractivity contribution in [3.63, 3.8) is 0 Å². The summed E-state index contributed by atoms with van der Waals surface area (Å²) >= 11 is 3.45.